The van der Waals surface area contributed by atoms with E-state index in [0.717, 1.165) is 11.3 Å². The molecule has 0 bridgehead atoms. The molecule has 0 unspecified atom stereocenters. The highest BCUT2D eigenvalue weighted by Crippen LogP contribution is 2.15. The van der Waals surface area contributed by atoms with Crippen LogP contribution in [0.5, 0.6) is 0 Å². The van der Waals surface area contributed by atoms with Crippen LogP contribution in [0, 0.1) is 18.3 Å². The summed E-state index contributed by atoms with van der Waals surface area (Å²) in [5.74, 6) is 0. The van der Waals surface area contributed by atoms with E-state index < -0.39 is 0 Å². The smallest absolute Gasteiger partial charge is 0.0994 e. The Balaban J connectivity index is 2.80. The summed E-state index contributed by atoms with van der Waals surface area (Å²) < 4.78 is 0. The molecule has 1 aromatic rings. The summed E-state index contributed by atoms with van der Waals surface area (Å²) in [6.07, 6.45) is 0. The van der Waals surface area contributed by atoms with Crippen molar-refractivity contribution in [3.8, 4) is 6.07 Å². The topological polar surface area (TPSA) is 76.3 Å². The number of rotatable bonds is 4. The minimum absolute atomic E-state index is 0.129. The number of aryl methyl sites for hydroxylation is 1. The maximum Gasteiger partial charge on any atom is 0.0994 e. The lowest BCUT2D eigenvalue weighted by Gasteiger charge is -2.15. The lowest BCUT2D eigenvalue weighted by molar-refractivity contribution is 0.204. The van der Waals surface area contributed by atoms with E-state index in [4.69, 9.17) is 15.5 Å². The van der Waals surface area contributed by atoms with Gasteiger partial charge in [-0.1, -0.05) is 0 Å². The van der Waals surface area contributed by atoms with Crippen LogP contribution < -0.4 is 5.32 Å². The van der Waals surface area contributed by atoms with E-state index in [1.54, 1.807) is 12.1 Å². The number of aliphatic hydroxyl groups is 2. The van der Waals surface area contributed by atoms with E-state index in [9.17, 15) is 0 Å². The molecule has 0 saturated carbocycles. The Morgan fingerprint density at radius 1 is 1.40 bits per heavy atom. The van der Waals surface area contributed by atoms with Crippen molar-refractivity contribution in [2.75, 3.05) is 18.5 Å². The lowest BCUT2D eigenvalue weighted by Crippen LogP contribution is -2.27. The molecule has 0 saturated heterocycles. The van der Waals surface area contributed by atoms with E-state index >= 15 is 0 Å². The number of hydrogen-bond donors (Lipinski definition) is 3. The van der Waals surface area contributed by atoms with Crippen molar-refractivity contribution in [3.05, 3.63) is 29.3 Å². The fourth-order valence-electron chi connectivity index (χ4n) is 1.26. The minimum Gasteiger partial charge on any atom is -0.394 e. The van der Waals surface area contributed by atoms with Gasteiger partial charge in [0.05, 0.1) is 30.9 Å². The summed E-state index contributed by atoms with van der Waals surface area (Å²) >= 11 is 0. The number of benzene rings is 1. The third kappa shape index (κ3) is 2.94. The molecule has 0 aliphatic heterocycles. The zero-order valence-corrected chi connectivity index (χ0v) is 8.57. The highest BCUT2D eigenvalue weighted by Gasteiger charge is 2.06. The van der Waals surface area contributed by atoms with Crippen molar-refractivity contribution in [3.63, 3.8) is 0 Å². The highest BCUT2D eigenvalue weighted by molar-refractivity contribution is 5.52. The maximum absolute atomic E-state index is 8.88. The van der Waals surface area contributed by atoms with Gasteiger partial charge in [0.2, 0.25) is 0 Å². The summed E-state index contributed by atoms with van der Waals surface area (Å²) in [5.41, 5.74) is 2.29. The van der Waals surface area contributed by atoms with Gasteiger partial charge in [0, 0.05) is 5.69 Å². The van der Waals surface area contributed by atoms with Crippen LogP contribution in [0.25, 0.3) is 0 Å². The average molecular weight is 206 g/mol. The fourth-order valence-corrected chi connectivity index (χ4v) is 1.26. The molecule has 0 heterocycles. The first-order valence-electron chi connectivity index (χ1n) is 4.70. The Morgan fingerprint density at radius 3 is 2.53 bits per heavy atom. The number of aliphatic hydroxyl groups excluding tert-OH is 2. The van der Waals surface area contributed by atoms with Gasteiger partial charge in [0.25, 0.3) is 0 Å². The number of hydrogen-bond acceptors (Lipinski definition) is 4. The normalized spacial score (nSPS) is 10.1. The van der Waals surface area contributed by atoms with E-state index in [1.165, 1.54) is 0 Å². The monoisotopic (exact) mass is 206 g/mol. The molecule has 0 fully saturated rings. The van der Waals surface area contributed by atoms with Gasteiger partial charge in [-0.05, 0) is 30.7 Å². The van der Waals surface area contributed by atoms with Crippen molar-refractivity contribution in [1.82, 2.24) is 0 Å². The summed E-state index contributed by atoms with van der Waals surface area (Å²) in [5, 5.41) is 29.5. The molecule has 3 N–H and O–H groups in total. The van der Waals surface area contributed by atoms with Gasteiger partial charge in [0.1, 0.15) is 0 Å². The zero-order chi connectivity index (χ0) is 11.3. The third-order valence-electron chi connectivity index (χ3n) is 2.16. The number of nitrogens with one attached hydrogen (secondary N) is 1. The maximum atomic E-state index is 8.88. The number of nitriles is 1. The highest BCUT2D eigenvalue weighted by atomic mass is 16.3. The predicted octanol–water partition coefficient (Wildman–Crippen LogP) is 0.632. The Kier molecular flexibility index (Phi) is 4.10. The second-order valence-electron chi connectivity index (χ2n) is 3.35. The second-order valence-corrected chi connectivity index (χ2v) is 3.35. The molecule has 80 valence electrons. The van der Waals surface area contributed by atoms with E-state index in [1.807, 2.05) is 13.0 Å². The summed E-state index contributed by atoms with van der Waals surface area (Å²) in [6.45, 7) is 1.59. The van der Waals surface area contributed by atoms with Gasteiger partial charge in [-0.2, -0.15) is 5.26 Å². The first kappa shape index (κ1) is 11.5. The van der Waals surface area contributed by atoms with Gasteiger partial charge in [0.15, 0.2) is 0 Å². The van der Waals surface area contributed by atoms with Crippen LogP contribution in [0.3, 0.4) is 0 Å². The molecule has 0 atom stereocenters. The van der Waals surface area contributed by atoms with Crippen molar-refractivity contribution in [2.45, 2.75) is 13.0 Å². The Morgan fingerprint density at radius 2 is 2.07 bits per heavy atom. The number of anilines is 1. The van der Waals surface area contributed by atoms with Crippen molar-refractivity contribution in [2.24, 2.45) is 0 Å². The quantitative estimate of drug-likeness (QED) is 0.675. The van der Waals surface area contributed by atoms with Gasteiger partial charge in [-0.25, -0.2) is 0 Å². The molecule has 0 amide bonds. The van der Waals surface area contributed by atoms with Crippen LogP contribution in [0.2, 0.25) is 0 Å². The molecule has 1 rings (SSSR count). The van der Waals surface area contributed by atoms with E-state index in [-0.39, 0.29) is 19.3 Å². The summed E-state index contributed by atoms with van der Waals surface area (Å²) in [6, 6.07) is 7.00. The summed E-state index contributed by atoms with van der Waals surface area (Å²) in [7, 11) is 0. The SMILES string of the molecule is Cc1cc(NC(CO)CO)ccc1C#N. The van der Waals surface area contributed by atoms with Crippen LogP contribution in [0.1, 0.15) is 11.1 Å². The summed E-state index contributed by atoms with van der Waals surface area (Å²) in [4.78, 5) is 0. The zero-order valence-electron chi connectivity index (χ0n) is 8.57. The standard InChI is InChI=1S/C11H14N2O2/c1-8-4-10(3-2-9(8)5-12)13-11(6-14)7-15/h2-4,11,13-15H,6-7H2,1H3. The number of nitrogens with zero attached hydrogens (tertiary/aromatic N) is 1. The van der Waals surface area contributed by atoms with Gasteiger partial charge < -0.3 is 15.5 Å². The first-order chi connectivity index (χ1) is 7.21. The average Bonchev–Trinajstić information content (AvgIpc) is 2.26. The molecule has 4 nitrogen and oxygen atoms in total. The Bertz CT molecular complexity index is 367. The van der Waals surface area contributed by atoms with Crippen LogP contribution in [0.15, 0.2) is 18.2 Å². The Hall–Kier alpha value is -1.57. The van der Waals surface area contributed by atoms with Crippen LogP contribution in [0.4, 0.5) is 5.69 Å². The molecular weight excluding hydrogens is 192 g/mol. The molecule has 0 spiro atoms. The van der Waals surface area contributed by atoms with Crippen molar-refractivity contribution >= 4 is 5.69 Å². The Labute approximate surface area is 88.8 Å². The second kappa shape index (κ2) is 5.35. The molecule has 4 heteroatoms. The first-order valence-corrected chi connectivity index (χ1v) is 4.70. The lowest BCUT2D eigenvalue weighted by atomic mass is 10.1. The van der Waals surface area contributed by atoms with Gasteiger partial charge >= 0.3 is 0 Å². The minimum atomic E-state index is -0.364. The van der Waals surface area contributed by atoms with Crippen LogP contribution >= 0.6 is 0 Å². The third-order valence-corrected chi connectivity index (χ3v) is 2.16. The molecule has 0 aliphatic carbocycles. The molecular formula is C11H14N2O2. The largest absolute Gasteiger partial charge is 0.394 e. The van der Waals surface area contributed by atoms with Crippen molar-refractivity contribution in [1.29, 1.82) is 5.26 Å². The molecule has 0 radical (unpaired) electrons. The van der Waals surface area contributed by atoms with E-state index in [2.05, 4.69) is 11.4 Å². The van der Waals surface area contributed by atoms with Crippen molar-refractivity contribution < 1.29 is 10.2 Å². The molecule has 15 heavy (non-hydrogen) atoms. The fraction of sp³-hybridized carbons (Fsp3) is 0.364. The van der Waals surface area contributed by atoms with E-state index in [0.29, 0.717) is 5.56 Å². The van der Waals surface area contributed by atoms with Gasteiger partial charge in [-0.3, -0.25) is 0 Å². The van der Waals surface area contributed by atoms with Crippen LogP contribution in [-0.4, -0.2) is 29.5 Å². The molecule has 0 aromatic heterocycles. The van der Waals surface area contributed by atoms with Crippen LogP contribution in [-0.2, 0) is 0 Å². The molecule has 0 aliphatic rings. The molecule has 1 aromatic carbocycles. The predicted molar refractivity (Wildman–Crippen MR) is 57.5 cm³/mol. The van der Waals surface area contributed by atoms with Gasteiger partial charge in [-0.15, -0.1) is 0 Å².